The zero-order valence-electron chi connectivity index (χ0n) is 10.7. The number of rotatable bonds is 2. The Morgan fingerprint density at radius 2 is 2.09 bits per heavy atom. The second-order valence-corrected chi connectivity index (χ2v) is 5.01. The lowest BCUT2D eigenvalue weighted by Gasteiger charge is -2.33. The molecule has 1 unspecified atom stereocenters. The van der Waals surface area contributed by atoms with Gasteiger partial charge in [0, 0.05) is 6.20 Å². The van der Waals surface area contributed by atoms with E-state index in [9.17, 15) is 27.8 Å². The van der Waals surface area contributed by atoms with Crippen molar-refractivity contribution in [1.29, 1.82) is 0 Å². The quantitative estimate of drug-likeness (QED) is 0.436. The fraction of sp³-hybridized carbons (Fsp3) is 0.600. The highest BCUT2D eigenvalue weighted by atomic mass is 32.1. The molecular weight excluding hydrogens is 334 g/mol. The number of halogens is 4. The molecule has 7 nitrogen and oxygen atoms in total. The van der Waals surface area contributed by atoms with Crippen LogP contribution in [0.2, 0.25) is 0 Å². The molecule has 4 atom stereocenters. The molecule has 2 heterocycles. The summed E-state index contributed by atoms with van der Waals surface area (Å²) < 4.78 is 57.6. The minimum Gasteiger partial charge on any atom is -0.394 e. The third-order valence-corrected chi connectivity index (χ3v) is 3.61. The third kappa shape index (κ3) is 2.36. The zero-order valence-corrected chi connectivity index (χ0v) is 11.5. The second kappa shape index (κ2) is 5.38. The Labute approximate surface area is 125 Å². The van der Waals surface area contributed by atoms with Crippen LogP contribution in [0, 0.1) is 10.6 Å². The summed E-state index contributed by atoms with van der Waals surface area (Å²) in [5.41, 5.74) is 1.32. The molecule has 0 saturated carbocycles. The molecule has 0 aromatic carbocycles. The van der Waals surface area contributed by atoms with Gasteiger partial charge in [0.15, 0.2) is 17.9 Å². The number of alkyl halides is 3. The molecule has 0 bridgehead atoms. The zero-order chi connectivity index (χ0) is 16.9. The van der Waals surface area contributed by atoms with Crippen LogP contribution in [-0.4, -0.2) is 55.5 Å². The summed E-state index contributed by atoms with van der Waals surface area (Å²) in [4.78, 5) is 3.32. The van der Waals surface area contributed by atoms with Gasteiger partial charge in [-0.25, -0.2) is 4.39 Å². The monoisotopic (exact) mass is 345 g/mol. The number of nitrogen functional groups attached to an aromatic ring is 1. The van der Waals surface area contributed by atoms with Crippen LogP contribution >= 0.6 is 12.2 Å². The van der Waals surface area contributed by atoms with E-state index in [1.165, 1.54) is 0 Å². The number of hydrogen-bond donors (Lipinski definition) is 4. The first-order valence-electron chi connectivity index (χ1n) is 5.81. The van der Waals surface area contributed by atoms with Crippen molar-refractivity contribution in [2.45, 2.75) is 30.2 Å². The van der Waals surface area contributed by atoms with Crippen molar-refractivity contribution in [2.24, 2.45) is 0 Å². The summed E-state index contributed by atoms with van der Waals surface area (Å²) in [5.74, 6) is -1.84. The van der Waals surface area contributed by atoms with Crippen molar-refractivity contribution in [1.82, 2.24) is 9.55 Å². The molecule has 0 spiro atoms. The maximum Gasteiger partial charge on any atom is 0.424 e. The van der Waals surface area contributed by atoms with Gasteiger partial charge in [0.05, 0.1) is 6.61 Å². The minimum atomic E-state index is -5.35. The Kier molecular flexibility index (Phi) is 4.16. The topological polar surface area (TPSA) is 114 Å². The molecule has 0 amide bonds. The summed E-state index contributed by atoms with van der Waals surface area (Å²) in [6, 6.07) is 0. The summed E-state index contributed by atoms with van der Waals surface area (Å²) in [6.45, 7) is -1.01. The van der Waals surface area contributed by atoms with Gasteiger partial charge in [0.1, 0.15) is 12.2 Å². The van der Waals surface area contributed by atoms with Gasteiger partial charge < -0.3 is 25.8 Å². The van der Waals surface area contributed by atoms with Gasteiger partial charge in [-0.15, -0.1) is 0 Å². The van der Waals surface area contributed by atoms with E-state index in [0.717, 1.165) is 0 Å². The van der Waals surface area contributed by atoms with E-state index in [2.05, 4.69) is 17.2 Å². The molecule has 1 aromatic rings. The highest BCUT2D eigenvalue weighted by Crippen LogP contribution is 2.48. The number of ether oxygens (including phenoxy) is 1. The third-order valence-electron chi connectivity index (χ3n) is 3.30. The van der Waals surface area contributed by atoms with E-state index in [1.54, 1.807) is 0 Å². The van der Waals surface area contributed by atoms with Crippen LogP contribution in [0.1, 0.15) is 6.23 Å². The summed E-state index contributed by atoms with van der Waals surface area (Å²) in [7, 11) is 0. The van der Waals surface area contributed by atoms with Crippen LogP contribution in [0.5, 0.6) is 0 Å². The molecule has 1 fully saturated rings. The van der Waals surface area contributed by atoms with E-state index >= 15 is 0 Å². The lowest BCUT2D eigenvalue weighted by molar-refractivity contribution is -0.304. The van der Waals surface area contributed by atoms with Crippen LogP contribution in [-0.2, 0) is 4.74 Å². The maximum absolute atomic E-state index is 13.5. The molecule has 5 N–H and O–H groups in total. The second-order valence-electron chi connectivity index (χ2n) is 4.64. The number of aliphatic hydroxyl groups is 3. The van der Waals surface area contributed by atoms with E-state index in [-0.39, 0.29) is 0 Å². The predicted molar refractivity (Wildman–Crippen MR) is 65.4 cm³/mol. The van der Waals surface area contributed by atoms with Gasteiger partial charge in [0.25, 0.3) is 0 Å². The average Bonchev–Trinajstić information content (AvgIpc) is 2.67. The Morgan fingerprint density at radius 1 is 1.50 bits per heavy atom. The van der Waals surface area contributed by atoms with Crippen molar-refractivity contribution in [3.63, 3.8) is 0 Å². The molecule has 1 aliphatic rings. The molecule has 0 aliphatic carbocycles. The van der Waals surface area contributed by atoms with Crippen LogP contribution in [0.4, 0.5) is 23.4 Å². The largest absolute Gasteiger partial charge is 0.424 e. The first-order chi connectivity index (χ1) is 10.0. The Hall–Kier alpha value is -1.34. The van der Waals surface area contributed by atoms with Gasteiger partial charge in [-0.3, -0.25) is 4.57 Å². The van der Waals surface area contributed by atoms with Gasteiger partial charge in [-0.2, -0.15) is 18.2 Å². The van der Waals surface area contributed by atoms with E-state index in [4.69, 9.17) is 15.6 Å². The van der Waals surface area contributed by atoms with E-state index in [1.807, 2.05) is 0 Å². The molecule has 2 rings (SSSR count). The molecule has 12 heteroatoms. The molecule has 124 valence electrons. The predicted octanol–water partition coefficient (Wildman–Crippen LogP) is -0.122. The number of nitrogens with two attached hydrogens (primary N) is 1. The molecule has 22 heavy (non-hydrogen) atoms. The summed E-state index contributed by atoms with van der Waals surface area (Å²) >= 11 is 4.68. The van der Waals surface area contributed by atoms with Crippen molar-refractivity contribution >= 4 is 18.0 Å². The van der Waals surface area contributed by atoms with Gasteiger partial charge in [-0.05, 0) is 12.2 Å². The molecular formula is C10H11F4N3O4S. The standard InChI is InChI=1S/C10H11F4N3O4S/c11-3-1-17(8(22)16-6(3)15)7-9(20,10(12,13)14)5(19)4(2-18)21-7/h1,4-5,7,18-20H,2H2,(H2,15,16,22)/t4-,5+,7-,9?/m1/s1. The first-order valence-corrected chi connectivity index (χ1v) is 6.22. The van der Waals surface area contributed by atoms with E-state index < -0.39 is 53.2 Å². The van der Waals surface area contributed by atoms with Crippen LogP contribution in [0.25, 0.3) is 0 Å². The number of anilines is 1. The molecule has 1 aliphatic heterocycles. The Morgan fingerprint density at radius 3 is 2.59 bits per heavy atom. The van der Waals surface area contributed by atoms with Gasteiger partial charge in [0.2, 0.25) is 10.4 Å². The van der Waals surface area contributed by atoms with E-state index in [0.29, 0.717) is 10.8 Å². The summed E-state index contributed by atoms with van der Waals surface area (Å²) in [5, 5.41) is 28.5. The van der Waals surface area contributed by atoms with Crippen LogP contribution < -0.4 is 5.73 Å². The van der Waals surface area contributed by atoms with Crippen molar-refractivity contribution < 1.29 is 37.6 Å². The smallest absolute Gasteiger partial charge is 0.394 e. The lowest BCUT2D eigenvalue weighted by Crippen LogP contribution is -2.57. The highest BCUT2D eigenvalue weighted by molar-refractivity contribution is 7.71. The number of nitrogens with zero attached hydrogens (tertiary/aromatic N) is 2. The number of aliphatic hydroxyl groups excluding tert-OH is 2. The average molecular weight is 345 g/mol. The fourth-order valence-corrected chi connectivity index (χ4v) is 2.37. The Bertz CT molecular complexity index is 640. The van der Waals surface area contributed by atoms with Crippen molar-refractivity contribution in [3.8, 4) is 0 Å². The first kappa shape index (κ1) is 17.0. The van der Waals surface area contributed by atoms with Gasteiger partial charge in [-0.1, -0.05) is 0 Å². The normalized spacial score (nSPS) is 32.4. The lowest BCUT2D eigenvalue weighted by atomic mass is 9.93. The molecule has 1 aromatic heterocycles. The summed E-state index contributed by atoms with van der Waals surface area (Å²) in [6.07, 6.45) is -11.5. The minimum absolute atomic E-state index is 0.382. The molecule has 0 radical (unpaired) electrons. The SMILES string of the molecule is Nc1nc(=S)n([C@@H]2O[C@H](CO)[C@H](O)C2(O)C(F)(F)F)cc1F. The van der Waals surface area contributed by atoms with Crippen LogP contribution in [0.15, 0.2) is 6.20 Å². The van der Waals surface area contributed by atoms with Crippen molar-refractivity contribution in [2.75, 3.05) is 12.3 Å². The van der Waals surface area contributed by atoms with Gasteiger partial charge >= 0.3 is 6.18 Å². The maximum atomic E-state index is 13.5. The Balaban J connectivity index is 2.62. The molecule has 1 saturated heterocycles. The number of hydrogen-bond acceptors (Lipinski definition) is 7. The van der Waals surface area contributed by atoms with Crippen LogP contribution in [0.3, 0.4) is 0 Å². The fourth-order valence-electron chi connectivity index (χ4n) is 2.13. The number of aromatic nitrogens is 2. The highest BCUT2D eigenvalue weighted by Gasteiger charge is 2.70. The van der Waals surface area contributed by atoms with Crippen molar-refractivity contribution in [3.05, 3.63) is 16.8 Å².